The minimum absolute atomic E-state index is 0.108. The van der Waals surface area contributed by atoms with Gasteiger partial charge in [-0.15, -0.1) is 5.10 Å². The molecule has 4 heterocycles. The van der Waals surface area contributed by atoms with Crippen LogP contribution >= 0.6 is 11.3 Å². The van der Waals surface area contributed by atoms with Crippen LogP contribution in [0.2, 0.25) is 0 Å². The van der Waals surface area contributed by atoms with Crippen LogP contribution in [0.1, 0.15) is 25.0 Å². The summed E-state index contributed by atoms with van der Waals surface area (Å²) in [7, 11) is 3.96. The number of phenols is 1. The molecule has 2 fully saturated rings. The molecule has 0 spiro atoms. The van der Waals surface area contributed by atoms with E-state index >= 15 is 0 Å². The van der Waals surface area contributed by atoms with Crippen LogP contribution in [0.25, 0.3) is 16.3 Å². The number of benzene rings is 1. The Labute approximate surface area is 179 Å². The van der Waals surface area contributed by atoms with Crippen molar-refractivity contribution in [2.45, 2.75) is 50.5 Å². The molecule has 4 atom stereocenters. The molecule has 2 saturated heterocycles. The largest absolute Gasteiger partial charge is 0.507 e. The van der Waals surface area contributed by atoms with Crippen LogP contribution in [0.4, 0.5) is 0 Å². The Kier molecular flexibility index (Phi) is 4.96. The third-order valence-electron chi connectivity index (χ3n) is 6.25. The van der Waals surface area contributed by atoms with E-state index in [1.54, 1.807) is 17.9 Å². The highest BCUT2D eigenvalue weighted by molar-refractivity contribution is 7.16. The molecule has 0 radical (unpaired) electrons. The van der Waals surface area contributed by atoms with Gasteiger partial charge >= 0.3 is 0 Å². The number of piperidine rings is 1. The number of aromatic hydroxyl groups is 1. The first kappa shape index (κ1) is 19.5. The van der Waals surface area contributed by atoms with E-state index in [4.69, 9.17) is 9.47 Å². The van der Waals surface area contributed by atoms with Crippen molar-refractivity contribution in [3.63, 3.8) is 0 Å². The average molecular weight is 428 g/mol. The Balaban J connectivity index is 1.30. The second kappa shape index (κ2) is 7.64. The quantitative estimate of drug-likeness (QED) is 0.670. The molecule has 1 aromatic carbocycles. The Bertz CT molecular complexity index is 1050. The average Bonchev–Trinajstić information content (AvgIpc) is 3.40. The lowest BCUT2D eigenvalue weighted by molar-refractivity contribution is 0.0238. The number of hydrogen-bond acceptors (Lipinski definition) is 8. The Morgan fingerprint density at radius 3 is 2.77 bits per heavy atom. The molecule has 30 heavy (non-hydrogen) atoms. The monoisotopic (exact) mass is 427 g/mol. The second-order valence-electron chi connectivity index (χ2n) is 8.08. The van der Waals surface area contributed by atoms with Crippen LogP contribution < -0.4 is 4.74 Å². The van der Waals surface area contributed by atoms with Gasteiger partial charge in [0.1, 0.15) is 11.9 Å². The Morgan fingerprint density at radius 2 is 2.03 bits per heavy atom. The SMILES string of the molecule is COC1CC2CC(Oc3nnc(-c4ccc(-n5ccc(C)n5)cc4O)s3)CC1N2C. The lowest BCUT2D eigenvalue weighted by Gasteiger charge is -2.36. The number of aromatic nitrogens is 4. The molecule has 1 N–H and O–H groups in total. The smallest absolute Gasteiger partial charge is 0.294 e. The van der Waals surface area contributed by atoms with Crippen LogP contribution in [0, 0.1) is 6.92 Å². The van der Waals surface area contributed by atoms with Gasteiger partial charge in [0.15, 0.2) is 5.01 Å². The highest BCUT2D eigenvalue weighted by atomic mass is 32.1. The zero-order chi connectivity index (χ0) is 20.8. The topological polar surface area (TPSA) is 85.5 Å². The number of likely N-dealkylation sites (N-methyl/N-ethyl adjacent to an activating group) is 1. The first-order chi connectivity index (χ1) is 14.5. The van der Waals surface area contributed by atoms with Crippen molar-refractivity contribution >= 4 is 11.3 Å². The van der Waals surface area contributed by atoms with Crippen molar-refractivity contribution in [2.24, 2.45) is 0 Å². The first-order valence-corrected chi connectivity index (χ1v) is 10.9. The van der Waals surface area contributed by atoms with E-state index in [9.17, 15) is 5.11 Å². The molecule has 0 saturated carbocycles. The maximum atomic E-state index is 10.5. The summed E-state index contributed by atoms with van der Waals surface area (Å²) in [6, 6.07) is 8.21. The number of hydrogen-bond donors (Lipinski definition) is 1. The molecule has 5 rings (SSSR count). The fourth-order valence-electron chi connectivity index (χ4n) is 4.63. The number of nitrogens with zero attached hydrogens (tertiary/aromatic N) is 5. The van der Waals surface area contributed by atoms with Crippen LogP contribution in [-0.2, 0) is 4.74 Å². The molecule has 3 aromatic rings. The van der Waals surface area contributed by atoms with Crippen molar-refractivity contribution < 1.29 is 14.6 Å². The molecule has 4 unspecified atom stereocenters. The summed E-state index contributed by atoms with van der Waals surface area (Å²) < 4.78 is 13.6. The van der Waals surface area contributed by atoms with Crippen LogP contribution in [0.3, 0.4) is 0 Å². The number of rotatable bonds is 5. The van der Waals surface area contributed by atoms with Gasteiger partial charge in [0.05, 0.1) is 23.0 Å². The fraction of sp³-hybridized carbons (Fsp3) is 0.476. The predicted molar refractivity (Wildman–Crippen MR) is 113 cm³/mol. The molecular formula is C21H25N5O3S. The summed E-state index contributed by atoms with van der Waals surface area (Å²) in [5.74, 6) is 0.142. The van der Waals surface area contributed by atoms with Crippen molar-refractivity contribution in [1.82, 2.24) is 24.9 Å². The van der Waals surface area contributed by atoms with Gasteiger partial charge in [0.2, 0.25) is 0 Å². The lowest BCUT2D eigenvalue weighted by Crippen LogP contribution is -2.46. The van der Waals surface area contributed by atoms with E-state index < -0.39 is 0 Å². The van der Waals surface area contributed by atoms with Crippen LogP contribution in [0.5, 0.6) is 10.9 Å². The van der Waals surface area contributed by atoms with Crippen LogP contribution in [-0.4, -0.2) is 68.4 Å². The summed E-state index contributed by atoms with van der Waals surface area (Å²) in [5, 5.41) is 24.6. The number of methoxy groups -OCH3 is 1. The zero-order valence-corrected chi connectivity index (χ0v) is 18.0. The third-order valence-corrected chi connectivity index (χ3v) is 7.09. The van der Waals surface area contributed by atoms with Gasteiger partial charge in [-0.2, -0.15) is 5.10 Å². The Morgan fingerprint density at radius 1 is 1.17 bits per heavy atom. The summed E-state index contributed by atoms with van der Waals surface area (Å²) >= 11 is 1.36. The van der Waals surface area contributed by atoms with Gasteiger partial charge in [0, 0.05) is 44.3 Å². The zero-order valence-electron chi connectivity index (χ0n) is 17.2. The molecule has 0 amide bonds. The third kappa shape index (κ3) is 3.46. The van der Waals surface area contributed by atoms with Crippen molar-refractivity contribution in [1.29, 1.82) is 0 Å². The highest BCUT2D eigenvalue weighted by Crippen LogP contribution is 2.39. The normalized spacial score (nSPS) is 26.2. The maximum absolute atomic E-state index is 10.5. The molecule has 2 bridgehead atoms. The van der Waals surface area contributed by atoms with Crippen LogP contribution in [0.15, 0.2) is 30.5 Å². The highest BCUT2D eigenvalue weighted by Gasteiger charge is 2.46. The maximum Gasteiger partial charge on any atom is 0.294 e. The molecule has 158 valence electrons. The van der Waals surface area contributed by atoms with Crippen molar-refractivity contribution in [2.75, 3.05) is 14.2 Å². The first-order valence-electron chi connectivity index (χ1n) is 10.1. The van der Waals surface area contributed by atoms with Crippen molar-refractivity contribution in [3.05, 3.63) is 36.2 Å². The summed E-state index contributed by atoms with van der Waals surface area (Å²) in [4.78, 5) is 2.42. The fourth-order valence-corrected chi connectivity index (χ4v) is 5.43. The van der Waals surface area contributed by atoms with Gasteiger partial charge < -0.3 is 14.6 Å². The van der Waals surface area contributed by atoms with E-state index in [2.05, 4.69) is 27.2 Å². The van der Waals surface area contributed by atoms with E-state index in [0.717, 1.165) is 30.6 Å². The Hall–Kier alpha value is -2.49. The number of phenolic OH excluding ortho intramolecular Hbond substituents is 1. The summed E-state index contributed by atoms with van der Waals surface area (Å²) in [6.45, 7) is 1.93. The van der Waals surface area contributed by atoms with Gasteiger partial charge in [-0.3, -0.25) is 4.90 Å². The van der Waals surface area contributed by atoms with Gasteiger partial charge in [-0.05, 0) is 38.6 Å². The van der Waals surface area contributed by atoms with E-state index in [-0.39, 0.29) is 18.0 Å². The molecule has 8 nitrogen and oxygen atoms in total. The number of aryl methyl sites for hydroxylation is 1. The minimum atomic E-state index is 0.108. The summed E-state index contributed by atoms with van der Waals surface area (Å²) in [5.41, 5.74) is 2.35. The van der Waals surface area contributed by atoms with Gasteiger partial charge in [-0.25, -0.2) is 4.68 Å². The lowest BCUT2D eigenvalue weighted by atomic mass is 10.0. The van der Waals surface area contributed by atoms with E-state index in [1.165, 1.54) is 11.3 Å². The van der Waals surface area contributed by atoms with Gasteiger partial charge in [-0.1, -0.05) is 16.4 Å². The second-order valence-corrected chi connectivity index (χ2v) is 9.02. The van der Waals surface area contributed by atoms with E-state index in [1.807, 2.05) is 31.3 Å². The molecule has 2 aliphatic heterocycles. The number of fused-ring (bicyclic) bond motifs is 2. The predicted octanol–water partition coefficient (Wildman–Crippen LogP) is 3.03. The molecule has 9 heteroatoms. The molecular weight excluding hydrogens is 402 g/mol. The molecule has 2 aromatic heterocycles. The van der Waals surface area contributed by atoms with Gasteiger partial charge in [0.25, 0.3) is 5.19 Å². The van der Waals surface area contributed by atoms with Crippen molar-refractivity contribution in [3.8, 4) is 27.2 Å². The molecule has 2 aliphatic rings. The molecule has 0 aliphatic carbocycles. The standard InChI is InChI=1S/C21H25N5O3S/c1-12-6-7-26(24-12)13-4-5-16(18(27)9-13)20-22-23-21(30-20)29-15-8-14-10-19(28-3)17(11-15)25(14)2/h4-7,9,14-15,17,19,27H,8,10-11H2,1-3H3. The number of ether oxygens (including phenoxy) is 2. The van der Waals surface area contributed by atoms with E-state index in [0.29, 0.717) is 27.8 Å². The summed E-state index contributed by atoms with van der Waals surface area (Å²) in [6.07, 6.45) is 5.18. The minimum Gasteiger partial charge on any atom is -0.507 e.